The molecule has 0 saturated heterocycles. The zero-order chi connectivity index (χ0) is 21.0. The first-order valence-corrected chi connectivity index (χ1v) is 10.4. The second kappa shape index (κ2) is 9.01. The van der Waals surface area contributed by atoms with Crippen molar-refractivity contribution in [2.24, 2.45) is 0 Å². The summed E-state index contributed by atoms with van der Waals surface area (Å²) in [6.45, 7) is 5.52. The molecular formula is C19H19N3O5S2. The zero-order valence-electron chi connectivity index (χ0n) is 16.0. The Morgan fingerprint density at radius 1 is 1.24 bits per heavy atom. The molecule has 0 radical (unpaired) electrons. The second-order valence-electron chi connectivity index (χ2n) is 6.06. The molecule has 3 heterocycles. The van der Waals surface area contributed by atoms with Gasteiger partial charge in [0.05, 0.1) is 35.5 Å². The summed E-state index contributed by atoms with van der Waals surface area (Å²) in [6.07, 6.45) is 1.49. The highest BCUT2D eigenvalue weighted by Gasteiger charge is 2.17. The Balaban J connectivity index is 1.58. The highest BCUT2D eigenvalue weighted by Crippen LogP contribution is 2.27. The van der Waals surface area contributed by atoms with Crippen LogP contribution in [-0.4, -0.2) is 29.4 Å². The van der Waals surface area contributed by atoms with Gasteiger partial charge in [-0.25, -0.2) is 9.78 Å². The van der Waals surface area contributed by atoms with Gasteiger partial charge in [-0.3, -0.25) is 14.9 Å². The maximum absolute atomic E-state index is 12.3. The Kier molecular flexibility index (Phi) is 6.45. The molecule has 0 aliphatic rings. The molecule has 3 aromatic heterocycles. The van der Waals surface area contributed by atoms with E-state index in [1.165, 1.54) is 28.9 Å². The number of thiazole rings is 1. The first-order valence-electron chi connectivity index (χ1n) is 8.74. The van der Waals surface area contributed by atoms with E-state index < -0.39 is 5.97 Å². The maximum atomic E-state index is 12.3. The van der Waals surface area contributed by atoms with E-state index in [4.69, 9.17) is 9.15 Å². The molecule has 0 atom stereocenters. The molecule has 3 aromatic rings. The molecule has 0 unspecified atom stereocenters. The second-order valence-corrected chi connectivity index (χ2v) is 7.97. The number of rotatable bonds is 7. The van der Waals surface area contributed by atoms with E-state index >= 15 is 0 Å². The van der Waals surface area contributed by atoms with Crippen LogP contribution in [0.4, 0.5) is 10.1 Å². The predicted octanol–water partition coefficient (Wildman–Crippen LogP) is 4.02. The van der Waals surface area contributed by atoms with Gasteiger partial charge in [0.15, 0.2) is 5.13 Å². The Morgan fingerprint density at radius 2 is 2.03 bits per heavy atom. The third-order valence-corrected chi connectivity index (χ3v) is 5.80. The summed E-state index contributed by atoms with van der Waals surface area (Å²) in [5.74, 6) is -0.465. The van der Waals surface area contributed by atoms with Crippen molar-refractivity contribution >= 4 is 50.6 Å². The number of nitrogens with zero attached hydrogens (tertiary/aromatic N) is 1. The fourth-order valence-corrected chi connectivity index (χ4v) is 4.21. The summed E-state index contributed by atoms with van der Waals surface area (Å²) in [4.78, 5) is 41.1. The number of hydrogen-bond donors (Lipinski definition) is 2. The molecule has 152 valence electrons. The van der Waals surface area contributed by atoms with Crippen molar-refractivity contribution in [3.05, 3.63) is 51.2 Å². The molecule has 0 aliphatic carbocycles. The average molecular weight is 434 g/mol. The van der Waals surface area contributed by atoms with Gasteiger partial charge in [0.25, 0.3) is 5.91 Å². The smallest absolute Gasteiger partial charge is 0.348 e. The molecule has 0 spiro atoms. The first kappa shape index (κ1) is 20.7. The fourth-order valence-electron chi connectivity index (χ4n) is 2.52. The molecule has 3 rings (SSSR count). The highest BCUT2D eigenvalue weighted by molar-refractivity contribution is 7.18. The number of hydrogen-bond acceptors (Lipinski definition) is 8. The summed E-state index contributed by atoms with van der Waals surface area (Å²) < 4.78 is 10.1. The number of aromatic nitrogens is 1. The van der Waals surface area contributed by atoms with Crippen LogP contribution in [0, 0.1) is 13.8 Å². The number of aryl methyl sites for hydroxylation is 2. The van der Waals surface area contributed by atoms with Crippen LogP contribution in [0.3, 0.4) is 0 Å². The Labute approximate surface area is 174 Å². The topological polar surface area (TPSA) is 111 Å². The molecule has 29 heavy (non-hydrogen) atoms. The summed E-state index contributed by atoms with van der Waals surface area (Å²) in [6, 6.07) is 3.31. The standard InChI is InChI=1S/C19H19N3O5S2/c1-4-26-18(25)16-10(2)7-15(29-16)21-14(23)8-12-9-28-19(20-12)22-17(24)13-5-6-27-11(13)3/h5-7,9H,4,8H2,1-3H3,(H,21,23)(H,20,22,24). The third-order valence-electron chi connectivity index (χ3n) is 3.86. The van der Waals surface area contributed by atoms with Crippen molar-refractivity contribution in [2.45, 2.75) is 27.2 Å². The molecular weight excluding hydrogens is 414 g/mol. The van der Waals surface area contributed by atoms with Crippen LogP contribution >= 0.6 is 22.7 Å². The van der Waals surface area contributed by atoms with Crippen LogP contribution < -0.4 is 10.6 Å². The Bertz CT molecular complexity index is 1050. The van der Waals surface area contributed by atoms with E-state index in [9.17, 15) is 14.4 Å². The van der Waals surface area contributed by atoms with Gasteiger partial charge in [0, 0.05) is 5.38 Å². The van der Waals surface area contributed by atoms with E-state index in [1.54, 1.807) is 38.3 Å². The summed E-state index contributed by atoms with van der Waals surface area (Å²) in [7, 11) is 0. The number of nitrogens with one attached hydrogen (secondary N) is 2. The number of carbonyl (C=O) groups is 3. The van der Waals surface area contributed by atoms with Gasteiger partial charge in [-0.1, -0.05) is 0 Å². The number of furan rings is 1. The van der Waals surface area contributed by atoms with Crippen molar-refractivity contribution in [2.75, 3.05) is 17.2 Å². The molecule has 0 aromatic carbocycles. The SMILES string of the molecule is CCOC(=O)c1sc(NC(=O)Cc2csc(NC(=O)c3ccoc3C)n2)cc1C. The van der Waals surface area contributed by atoms with Crippen molar-refractivity contribution in [1.29, 1.82) is 0 Å². The fraction of sp³-hybridized carbons (Fsp3) is 0.263. The number of amides is 2. The third kappa shape index (κ3) is 5.09. The van der Waals surface area contributed by atoms with Crippen molar-refractivity contribution in [1.82, 2.24) is 4.98 Å². The van der Waals surface area contributed by atoms with Gasteiger partial charge in [-0.15, -0.1) is 22.7 Å². The van der Waals surface area contributed by atoms with E-state index in [1.807, 2.05) is 0 Å². The van der Waals surface area contributed by atoms with Gasteiger partial charge >= 0.3 is 5.97 Å². The van der Waals surface area contributed by atoms with Crippen molar-refractivity contribution in [3.63, 3.8) is 0 Å². The highest BCUT2D eigenvalue weighted by atomic mass is 32.1. The van der Waals surface area contributed by atoms with Gasteiger partial charge in [-0.05, 0) is 38.5 Å². The lowest BCUT2D eigenvalue weighted by molar-refractivity contribution is -0.115. The predicted molar refractivity (Wildman–Crippen MR) is 111 cm³/mol. The minimum atomic E-state index is -0.400. The minimum absolute atomic E-state index is 0.0444. The van der Waals surface area contributed by atoms with Crippen LogP contribution in [0.2, 0.25) is 0 Å². The Morgan fingerprint density at radius 3 is 2.72 bits per heavy atom. The van der Waals surface area contributed by atoms with E-state index in [0.717, 1.165) is 5.56 Å². The van der Waals surface area contributed by atoms with Crippen LogP contribution in [0.25, 0.3) is 0 Å². The van der Waals surface area contributed by atoms with Gasteiger partial charge in [0.1, 0.15) is 10.6 Å². The van der Waals surface area contributed by atoms with E-state index in [2.05, 4.69) is 15.6 Å². The largest absolute Gasteiger partial charge is 0.469 e. The van der Waals surface area contributed by atoms with Gasteiger partial charge < -0.3 is 14.5 Å². The van der Waals surface area contributed by atoms with E-state index in [-0.39, 0.29) is 18.2 Å². The monoisotopic (exact) mass is 433 g/mol. The maximum Gasteiger partial charge on any atom is 0.348 e. The minimum Gasteiger partial charge on any atom is -0.469 e. The molecule has 10 heteroatoms. The summed E-state index contributed by atoms with van der Waals surface area (Å²) in [5.41, 5.74) is 1.72. The number of esters is 1. The molecule has 0 fully saturated rings. The molecule has 0 aliphatic heterocycles. The van der Waals surface area contributed by atoms with Gasteiger partial charge in [-0.2, -0.15) is 0 Å². The average Bonchev–Trinajstić information content (AvgIpc) is 3.36. The van der Waals surface area contributed by atoms with E-state index in [0.29, 0.717) is 38.6 Å². The van der Waals surface area contributed by atoms with Crippen molar-refractivity contribution < 1.29 is 23.5 Å². The number of anilines is 2. The number of ether oxygens (including phenoxy) is 1. The van der Waals surface area contributed by atoms with Crippen molar-refractivity contribution in [3.8, 4) is 0 Å². The van der Waals surface area contributed by atoms with Crippen LogP contribution in [0.5, 0.6) is 0 Å². The number of thiophene rings is 1. The lowest BCUT2D eigenvalue weighted by Gasteiger charge is -2.01. The molecule has 8 nitrogen and oxygen atoms in total. The first-order chi connectivity index (χ1) is 13.9. The molecule has 2 amide bonds. The van der Waals surface area contributed by atoms with Crippen LogP contribution in [0.15, 0.2) is 28.2 Å². The molecule has 2 N–H and O–H groups in total. The van der Waals surface area contributed by atoms with Crippen LogP contribution in [-0.2, 0) is 16.0 Å². The number of carbonyl (C=O) groups excluding carboxylic acids is 3. The summed E-state index contributed by atoms with van der Waals surface area (Å²) in [5, 5.41) is 8.13. The lowest BCUT2D eigenvalue weighted by atomic mass is 10.2. The summed E-state index contributed by atoms with van der Waals surface area (Å²) >= 11 is 2.40. The normalized spacial score (nSPS) is 10.6. The van der Waals surface area contributed by atoms with Crippen LogP contribution in [0.1, 0.15) is 44.0 Å². The quantitative estimate of drug-likeness (QED) is 0.545. The van der Waals surface area contributed by atoms with Gasteiger partial charge in [0.2, 0.25) is 5.91 Å². The molecule has 0 saturated carbocycles. The Hall–Kier alpha value is -2.98. The lowest BCUT2D eigenvalue weighted by Crippen LogP contribution is -2.14. The molecule has 0 bridgehead atoms. The zero-order valence-corrected chi connectivity index (χ0v) is 17.7.